The Hall–Kier alpha value is -2.69. The third-order valence-electron chi connectivity index (χ3n) is 5.77. The lowest BCUT2D eigenvalue weighted by atomic mass is 9.97. The number of rotatable bonds is 14. The lowest BCUT2D eigenvalue weighted by Gasteiger charge is -2.28. The minimum absolute atomic E-state index is 0.00680. The van der Waals surface area contributed by atoms with Gasteiger partial charge >= 0.3 is 11.9 Å². The molecule has 0 saturated carbocycles. The van der Waals surface area contributed by atoms with Crippen LogP contribution in [0.25, 0.3) is 0 Å². The Balaban J connectivity index is 2.97. The Morgan fingerprint density at radius 1 is 0.970 bits per heavy atom. The third kappa shape index (κ3) is 9.77. The minimum Gasteiger partial charge on any atom is -0.481 e. The van der Waals surface area contributed by atoms with Crippen LogP contribution >= 0.6 is 0 Å². The summed E-state index contributed by atoms with van der Waals surface area (Å²) in [7, 11) is 0. The van der Waals surface area contributed by atoms with E-state index in [1.165, 1.54) is 0 Å². The molecule has 188 valence electrons. The van der Waals surface area contributed by atoms with Crippen molar-refractivity contribution in [2.75, 3.05) is 6.54 Å². The van der Waals surface area contributed by atoms with E-state index in [1.54, 1.807) is 6.92 Å². The molecule has 0 aliphatic carbocycles. The molecule has 1 aliphatic rings. The summed E-state index contributed by atoms with van der Waals surface area (Å²) in [5.41, 5.74) is 0. The van der Waals surface area contributed by atoms with Crippen LogP contribution in [0.3, 0.4) is 0 Å². The fraction of sp³-hybridized carbons (Fsp3) is 0.773. The van der Waals surface area contributed by atoms with Gasteiger partial charge in [-0.1, -0.05) is 34.1 Å². The average Bonchev–Trinajstić information content (AvgIpc) is 3.28. The average molecular weight is 471 g/mol. The molecule has 5 unspecified atom stereocenters. The van der Waals surface area contributed by atoms with Crippen LogP contribution in [0.4, 0.5) is 0 Å². The number of carbonyl (C=O) groups is 5. The van der Waals surface area contributed by atoms with Gasteiger partial charge in [0.15, 0.2) is 0 Å². The zero-order chi connectivity index (χ0) is 25.1. The predicted octanol–water partition coefficient (Wildman–Crippen LogP) is 0.234. The molecule has 3 amide bonds. The molecule has 1 heterocycles. The van der Waals surface area contributed by atoms with Crippen LogP contribution in [-0.2, 0) is 24.0 Å². The molecule has 0 aromatic carbocycles. The topological polar surface area (TPSA) is 174 Å². The molecule has 0 radical (unpaired) electrons. The van der Waals surface area contributed by atoms with Crippen molar-refractivity contribution in [1.82, 2.24) is 21.3 Å². The first kappa shape index (κ1) is 28.3. The summed E-state index contributed by atoms with van der Waals surface area (Å²) < 4.78 is 0. The summed E-state index contributed by atoms with van der Waals surface area (Å²) in [6.45, 7) is 8.00. The van der Waals surface area contributed by atoms with Crippen LogP contribution in [0.2, 0.25) is 0 Å². The maximum Gasteiger partial charge on any atom is 0.326 e. The number of nitrogens with one attached hydrogen (secondary N) is 4. The maximum atomic E-state index is 13.1. The lowest BCUT2D eigenvalue weighted by molar-refractivity contribution is -0.143. The number of aliphatic carboxylic acids is 2. The van der Waals surface area contributed by atoms with Crippen molar-refractivity contribution >= 4 is 29.7 Å². The Kier molecular flexibility index (Phi) is 11.8. The summed E-state index contributed by atoms with van der Waals surface area (Å²) >= 11 is 0. The number of hydrogen-bond donors (Lipinski definition) is 6. The van der Waals surface area contributed by atoms with E-state index in [1.807, 2.05) is 20.8 Å². The van der Waals surface area contributed by atoms with Gasteiger partial charge in [0.1, 0.15) is 18.1 Å². The molecular formula is C22H38N4O7. The molecule has 0 aromatic heterocycles. The normalized spacial score (nSPS) is 19.2. The van der Waals surface area contributed by atoms with Gasteiger partial charge in [0.25, 0.3) is 0 Å². The molecule has 6 N–H and O–H groups in total. The summed E-state index contributed by atoms with van der Waals surface area (Å²) in [6.07, 6.45) is 1.67. The van der Waals surface area contributed by atoms with Gasteiger partial charge in [0, 0.05) is 6.42 Å². The van der Waals surface area contributed by atoms with Gasteiger partial charge in [-0.25, -0.2) is 4.79 Å². The van der Waals surface area contributed by atoms with Crippen molar-refractivity contribution in [3.8, 4) is 0 Å². The predicted molar refractivity (Wildman–Crippen MR) is 120 cm³/mol. The highest BCUT2D eigenvalue weighted by molar-refractivity contribution is 5.94. The molecule has 11 heteroatoms. The smallest absolute Gasteiger partial charge is 0.326 e. The number of carboxylic acid groups (broad SMARTS) is 2. The lowest BCUT2D eigenvalue weighted by Crippen LogP contribution is -2.58. The number of amides is 3. The molecule has 33 heavy (non-hydrogen) atoms. The van der Waals surface area contributed by atoms with Gasteiger partial charge in [0.05, 0.1) is 6.04 Å². The van der Waals surface area contributed by atoms with Gasteiger partial charge in [0.2, 0.25) is 17.7 Å². The molecule has 0 spiro atoms. The van der Waals surface area contributed by atoms with Gasteiger partial charge < -0.3 is 31.5 Å². The number of hydrogen-bond acceptors (Lipinski definition) is 6. The van der Waals surface area contributed by atoms with Crippen LogP contribution in [0.1, 0.15) is 66.2 Å². The van der Waals surface area contributed by atoms with Crippen molar-refractivity contribution in [3.05, 3.63) is 0 Å². The molecule has 1 fully saturated rings. The zero-order valence-electron chi connectivity index (χ0n) is 19.8. The SMILES string of the molecule is CCC(C)C(NC(=O)C1CCCN1)C(=O)NC(CCC(=O)O)C(=O)NC(CC(C)C)C(=O)O. The van der Waals surface area contributed by atoms with Gasteiger partial charge in [-0.15, -0.1) is 0 Å². The molecule has 5 atom stereocenters. The van der Waals surface area contributed by atoms with E-state index >= 15 is 0 Å². The third-order valence-corrected chi connectivity index (χ3v) is 5.77. The van der Waals surface area contributed by atoms with Crippen LogP contribution in [-0.4, -0.2) is 70.6 Å². The molecule has 1 saturated heterocycles. The largest absolute Gasteiger partial charge is 0.481 e. The Morgan fingerprint density at radius 3 is 2.09 bits per heavy atom. The van der Waals surface area contributed by atoms with Crippen LogP contribution in [0, 0.1) is 11.8 Å². The Bertz CT molecular complexity index is 707. The molecule has 0 aromatic rings. The summed E-state index contributed by atoms with van der Waals surface area (Å²) in [6, 6.07) is -3.73. The first-order chi connectivity index (χ1) is 15.5. The molecule has 1 rings (SSSR count). The quantitative estimate of drug-likeness (QED) is 0.209. The van der Waals surface area contributed by atoms with E-state index in [0.29, 0.717) is 12.8 Å². The number of carbonyl (C=O) groups excluding carboxylic acids is 3. The van der Waals surface area contributed by atoms with Gasteiger partial charge in [-0.05, 0) is 44.1 Å². The van der Waals surface area contributed by atoms with Crippen LogP contribution in [0.5, 0.6) is 0 Å². The molecular weight excluding hydrogens is 432 g/mol. The second kappa shape index (κ2) is 13.8. The summed E-state index contributed by atoms with van der Waals surface area (Å²) in [4.78, 5) is 61.0. The van der Waals surface area contributed by atoms with Crippen molar-refractivity contribution in [3.63, 3.8) is 0 Å². The fourth-order valence-corrected chi connectivity index (χ4v) is 3.63. The molecule has 1 aliphatic heterocycles. The highest BCUT2D eigenvalue weighted by atomic mass is 16.4. The molecule has 11 nitrogen and oxygen atoms in total. The highest BCUT2D eigenvalue weighted by Crippen LogP contribution is 2.12. The summed E-state index contributed by atoms with van der Waals surface area (Å²) in [5, 5.41) is 29.2. The van der Waals surface area contributed by atoms with Gasteiger partial charge in [-0.3, -0.25) is 19.2 Å². The second-order valence-corrected chi connectivity index (χ2v) is 9.04. The number of carboxylic acids is 2. The Labute approximate surface area is 194 Å². The van der Waals surface area contributed by atoms with Crippen LogP contribution in [0.15, 0.2) is 0 Å². The van der Waals surface area contributed by atoms with E-state index < -0.39 is 48.3 Å². The zero-order valence-corrected chi connectivity index (χ0v) is 19.8. The van der Waals surface area contributed by atoms with E-state index in [2.05, 4.69) is 21.3 Å². The van der Waals surface area contributed by atoms with Crippen molar-refractivity contribution in [1.29, 1.82) is 0 Å². The second-order valence-electron chi connectivity index (χ2n) is 9.04. The first-order valence-electron chi connectivity index (χ1n) is 11.5. The summed E-state index contributed by atoms with van der Waals surface area (Å²) in [5.74, 6) is -4.31. The van der Waals surface area contributed by atoms with E-state index in [4.69, 9.17) is 5.11 Å². The van der Waals surface area contributed by atoms with E-state index in [0.717, 1.165) is 13.0 Å². The van der Waals surface area contributed by atoms with Crippen molar-refractivity contribution in [2.45, 2.75) is 90.4 Å². The first-order valence-corrected chi connectivity index (χ1v) is 11.5. The monoisotopic (exact) mass is 470 g/mol. The maximum absolute atomic E-state index is 13.1. The minimum atomic E-state index is -1.25. The van der Waals surface area contributed by atoms with Crippen LogP contribution < -0.4 is 21.3 Å². The van der Waals surface area contributed by atoms with E-state index in [9.17, 15) is 29.1 Å². The van der Waals surface area contributed by atoms with E-state index in [-0.39, 0.29) is 36.6 Å². The van der Waals surface area contributed by atoms with Gasteiger partial charge in [-0.2, -0.15) is 0 Å². The van der Waals surface area contributed by atoms with Crippen molar-refractivity contribution in [2.24, 2.45) is 11.8 Å². The highest BCUT2D eigenvalue weighted by Gasteiger charge is 2.33. The standard InChI is InChI=1S/C22H38N4O7/c1-5-13(4)18(26-19(29)14-7-6-10-23-14)21(31)24-15(8-9-17(27)28)20(30)25-16(22(32)33)11-12(2)3/h12-16,18,23H,5-11H2,1-4H3,(H,24,31)(H,25,30)(H,26,29)(H,27,28)(H,32,33). The Morgan fingerprint density at radius 2 is 1.61 bits per heavy atom. The van der Waals surface area contributed by atoms with Crippen molar-refractivity contribution < 1.29 is 34.2 Å². The fourth-order valence-electron chi connectivity index (χ4n) is 3.63. The molecule has 0 bridgehead atoms.